The lowest BCUT2D eigenvalue weighted by molar-refractivity contribution is -0.152. The van der Waals surface area contributed by atoms with Gasteiger partial charge in [-0.1, -0.05) is 6.08 Å². The van der Waals surface area contributed by atoms with Crippen molar-refractivity contribution in [3.8, 4) is 0 Å². The topological polar surface area (TPSA) is 110 Å². The summed E-state index contributed by atoms with van der Waals surface area (Å²) in [6, 6.07) is 4.11. The fourth-order valence-corrected chi connectivity index (χ4v) is 3.84. The van der Waals surface area contributed by atoms with E-state index < -0.39 is 23.9 Å². The van der Waals surface area contributed by atoms with Gasteiger partial charge >= 0.3 is 11.9 Å². The monoisotopic (exact) mass is 442 g/mol. The molecule has 0 saturated carbocycles. The first-order valence-electron chi connectivity index (χ1n) is 10.6. The van der Waals surface area contributed by atoms with Crippen LogP contribution in [0.4, 0.5) is 0 Å². The van der Waals surface area contributed by atoms with Crippen molar-refractivity contribution in [2.24, 2.45) is 5.92 Å². The van der Waals surface area contributed by atoms with Gasteiger partial charge in [-0.2, -0.15) is 0 Å². The van der Waals surface area contributed by atoms with E-state index in [1.165, 1.54) is 31.2 Å². The average molecular weight is 442 g/mol. The molecule has 0 N–H and O–H groups in total. The van der Waals surface area contributed by atoms with Gasteiger partial charge in [0.1, 0.15) is 0 Å². The first-order chi connectivity index (χ1) is 15.3. The number of hydrogen-bond donors (Lipinski definition) is 0. The van der Waals surface area contributed by atoms with Crippen LogP contribution in [-0.2, 0) is 19.1 Å². The Morgan fingerprint density at radius 1 is 1.16 bits per heavy atom. The van der Waals surface area contributed by atoms with Crippen molar-refractivity contribution in [3.05, 3.63) is 47.5 Å². The van der Waals surface area contributed by atoms with Gasteiger partial charge in [0.05, 0.1) is 29.2 Å². The van der Waals surface area contributed by atoms with Crippen molar-refractivity contribution in [2.75, 3.05) is 26.2 Å². The third kappa shape index (κ3) is 4.56. The van der Waals surface area contributed by atoms with Gasteiger partial charge in [-0.25, -0.2) is 4.79 Å². The van der Waals surface area contributed by atoms with Crippen molar-refractivity contribution in [2.45, 2.75) is 32.8 Å². The number of amides is 3. The maximum Gasteiger partial charge on any atom is 0.338 e. The number of benzene rings is 1. The Morgan fingerprint density at radius 3 is 2.44 bits per heavy atom. The first-order valence-corrected chi connectivity index (χ1v) is 10.6. The number of fused-ring (bicyclic) bond motifs is 1. The number of rotatable bonds is 7. The van der Waals surface area contributed by atoms with E-state index in [2.05, 4.69) is 6.58 Å². The maximum absolute atomic E-state index is 12.7. The zero-order valence-electron chi connectivity index (χ0n) is 18.2. The van der Waals surface area contributed by atoms with E-state index >= 15 is 0 Å². The third-order valence-corrected chi connectivity index (χ3v) is 5.58. The van der Waals surface area contributed by atoms with Crippen molar-refractivity contribution < 1.29 is 33.4 Å². The van der Waals surface area contributed by atoms with Crippen molar-refractivity contribution in [3.63, 3.8) is 0 Å². The van der Waals surface area contributed by atoms with E-state index in [1.54, 1.807) is 11.8 Å². The smallest absolute Gasteiger partial charge is 0.338 e. The summed E-state index contributed by atoms with van der Waals surface area (Å²) in [5.74, 6) is -2.56. The average Bonchev–Trinajstić information content (AvgIpc) is 3.03. The zero-order valence-corrected chi connectivity index (χ0v) is 18.2. The molecule has 0 spiro atoms. The van der Waals surface area contributed by atoms with Crippen LogP contribution in [0.3, 0.4) is 0 Å². The molecule has 0 aromatic heterocycles. The van der Waals surface area contributed by atoms with Crippen LogP contribution >= 0.6 is 0 Å². The molecule has 0 radical (unpaired) electrons. The van der Waals surface area contributed by atoms with E-state index in [0.717, 1.165) is 4.90 Å². The fourth-order valence-electron chi connectivity index (χ4n) is 3.84. The summed E-state index contributed by atoms with van der Waals surface area (Å²) in [5.41, 5.74) is 0.402. The molecule has 32 heavy (non-hydrogen) atoms. The molecule has 1 aromatic carbocycles. The van der Waals surface area contributed by atoms with E-state index in [0.29, 0.717) is 32.5 Å². The summed E-state index contributed by atoms with van der Waals surface area (Å²) >= 11 is 0. The van der Waals surface area contributed by atoms with Crippen LogP contribution in [0.5, 0.6) is 0 Å². The summed E-state index contributed by atoms with van der Waals surface area (Å²) in [6.07, 6.45) is 1.39. The fraction of sp³-hybridized carbons (Fsp3) is 0.435. The zero-order chi connectivity index (χ0) is 23.4. The predicted octanol–water partition coefficient (Wildman–Crippen LogP) is 1.82. The number of imide groups is 1. The number of piperidine rings is 1. The molecule has 1 fully saturated rings. The van der Waals surface area contributed by atoms with Crippen molar-refractivity contribution >= 4 is 29.7 Å². The molecule has 2 aliphatic heterocycles. The lowest BCUT2D eigenvalue weighted by Crippen LogP contribution is -2.45. The van der Waals surface area contributed by atoms with Gasteiger partial charge < -0.3 is 14.4 Å². The molecule has 0 bridgehead atoms. The van der Waals surface area contributed by atoms with Crippen molar-refractivity contribution in [1.82, 2.24) is 9.80 Å². The Labute approximate surface area is 185 Å². The molecular formula is C23H26N2O7. The highest BCUT2D eigenvalue weighted by Gasteiger charge is 2.36. The quantitative estimate of drug-likeness (QED) is 0.360. The predicted molar refractivity (Wildman–Crippen MR) is 113 cm³/mol. The maximum atomic E-state index is 12.7. The van der Waals surface area contributed by atoms with Gasteiger partial charge in [-0.15, -0.1) is 6.58 Å². The van der Waals surface area contributed by atoms with Crippen LogP contribution in [0, 0.1) is 5.92 Å². The molecule has 0 unspecified atom stereocenters. The lowest BCUT2D eigenvalue weighted by Gasteiger charge is -2.32. The third-order valence-electron chi connectivity index (χ3n) is 5.58. The highest BCUT2D eigenvalue weighted by molar-refractivity contribution is 6.22. The van der Waals surface area contributed by atoms with Gasteiger partial charge in [-0.05, 0) is 44.9 Å². The Bertz CT molecular complexity index is 963. The molecule has 3 amide bonds. The first kappa shape index (κ1) is 23.2. The summed E-state index contributed by atoms with van der Waals surface area (Å²) in [5, 5.41) is 0. The molecule has 2 heterocycles. The van der Waals surface area contributed by atoms with Crippen LogP contribution in [0.2, 0.25) is 0 Å². The second-order valence-corrected chi connectivity index (χ2v) is 7.67. The van der Waals surface area contributed by atoms with Gasteiger partial charge in [0, 0.05) is 19.6 Å². The Balaban J connectivity index is 1.60. The van der Waals surface area contributed by atoms with Crippen LogP contribution in [0.1, 0.15) is 57.8 Å². The van der Waals surface area contributed by atoms with Crippen LogP contribution < -0.4 is 0 Å². The minimum Gasteiger partial charge on any atom is -0.466 e. The molecule has 9 heteroatoms. The minimum atomic E-state index is -1.04. The largest absolute Gasteiger partial charge is 0.466 e. The molecule has 1 saturated heterocycles. The molecule has 9 nitrogen and oxygen atoms in total. The number of carbonyl (C=O) groups excluding carboxylic acids is 5. The second-order valence-electron chi connectivity index (χ2n) is 7.67. The lowest BCUT2D eigenvalue weighted by atomic mass is 9.96. The van der Waals surface area contributed by atoms with E-state index in [-0.39, 0.29) is 41.0 Å². The molecule has 1 atom stereocenters. The van der Waals surface area contributed by atoms with Gasteiger partial charge in [0.15, 0.2) is 6.10 Å². The van der Waals surface area contributed by atoms with E-state index in [4.69, 9.17) is 9.47 Å². The molecule has 170 valence electrons. The summed E-state index contributed by atoms with van der Waals surface area (Å²) in [4.78, 5) is 64.4. The second kappa shape index (κ2) is 9.76. The van der Waals surface area contributed by atoms with Crippen LogP contribution in [0.15, 0.2) is 30.9 Å². The van der Waals surface area contributed by atoms with Crippen LogP contribution in [-0.4, -0.2) is 71.8 Å². The van der Waals surface area contributed by atoms with Crippen LogP contribution in [0.25, 0.3) is 0 Å². The minimum absolute atomic E-state index is 0.0739. The standard InChI is InChI=1S/C23H26N2O7/c1-4-10-25-20(27)17-7-6-16(13-18(17)21(25)28)23(30)32-14(3)19(26)24-11-8-15(9-12-24)22(29)31-5-2/h4,6-7,13-15H,1,5,8-12H2,2-3H3/t14-/m0/s1. The molecule has 1 aromatic rings. The molecule has 2 aliphatic rings. The summed E-state index contributed by atoms with van der Waals surface area (Å²) in [6.45, 7) is 7.90. The van der Waals surface area contributed by atoms with Crippen molar-refractivity contribution in [1.29, 1.82) is 0 Å². The number of esters is 2. The van der Waals surface area contributed by atoms with E-state index in [1.807, 2.05) is 0 Å². The molecular weight excluding hydrogens is 416 g/mol. The Hall–Kier alpha value is -3.49. The highest BCUT2D eigenvalue weighted by atomic mass is 16.5. The Kier molecular flexibility index (Phi) is 7.07. The number of carbonyl (C=O) groups is 5. The summed E-state index contributed by atoms with van der Waals surface area (Å²) < 4.78 is 10.3. The highest BCUT2D eigenvalue weighted by Crippen LogP contribution is 2.25. The molecule has 3 rings (SSSR count). The van der Waals surface area contributed by atoms with E-state index in [9.17, 15) is 24.0 Å². The SMILES string of the molecule is C=CCN1C(=O)c2ccc(C(=O)O[C@@H](C)C(=O)N3CCC(C(=O)OCC)CC3)cc2C1=O. The number of ether oxygens (including phenoxy) is 2. The number of likely N-dealkylation sites (tertiary alicyclic amines) is 1. The van der Waals surface area contributed by atoms with Gasteiger partial charge in [0.25, 0.3) is 17.7 Å². The summed E-state index contributed by atoms with van der Waals surface area (Å²) in [7, 11) is 0. The Morgan fingerprint density at radius 2 is 1.81 bits per heavy atom. The van der Waals surface area contributed by atoms with Gasteiger partial charge in [-0.3, -0.25) is 24.1 Å². The number of hydrogen-bond acceptors (Lipinski definition) is 7. The van der Waals surface area contributed by atoms with Gasteiger partial charge in [0.2, 0.25) is 0 Å². The normalized spacial score (nSPS) is 17.1. The number of nitrogens with zero attached hydrogens (tertiary/aromatic N) is 2. The molecule has 0 aliphatic carbocycles.